The summed E-state index contributed by atoms with van der Waals surface area (Å²) in [4.78, 5) is 0. The van der Waals surface area contributed by atoms with Crippen molar-refractivity contribution in [1.29, 1.82) is 0 Å². The van der Waals surface area contributed by atoms with E-state index >= 15 is 0 Å². The third kappa shape index (κ3) is 1.48. The molecule has 0 unspecified atom stereocenters. The quantitative estimate of drug-likeness (QED) is 0.701. The molecular weight excluding hydrogens is 153 g/mol. The van der Waals surface area contributed by atoms with Crippen LogP contribution in [-0.2, 0) is 6.42 Å². The summed E-state index contributed by atoms with van der Waals surface area (Å²) in [5.74, 6) is 0.575. The number of halogens is 1. The molecule has 1 aromatic rings. The largest absolute Gasteiger partial charge is 0.316 e. The summed E-state index contributed by atoms with van der Waals surface area (Å²) in [6.07, 6.45) is 0.875. The molecular formula is C10H12FN. The number of benzene rings is 1. The van der Waals surface area contributed by atoms with Crippen LogP contribution < -0.4 is 5.32 Å². The van der Waals surface area contributed by atoms with E-state index in [-0.39, 0.29) is 5.82 Å². The topological polar surface area (TPSA) is 12.0 Å². The van der Waals surface area contributed by atoms with E-state index < -0.39 is 0 Å². The number of rotatable bonds is 2. The van der Waals surface area contributed by atoms with Gasteiger partial charge < -0.3 is 5.32 Å². The average molecular weight is 165 g/mol. The van der Waals surface area contributed by atoms with Gasteiger partial charge in [0.1, 0.15) is 5.82 Å². The maximum atomic E-state index is 13.1. The predicted molar refractivity (Wildman–Crippen MR) is 46.5 cm³/mol. The second kappa shape index (κ2) is 3.23. The van der Waals surface area contributed by atoms with Crippen molar-refractivity contribution in [2.45, 2.75) is 6.42 Å². The van der Waals surface area contributed by atoms with Gasteiger partial charge in [0, 0.05) is 0 Å². The Morgan fingerprint density at radius 3 is 2.67 bits per heavy atom. The Bertz CT molecular complexity index is 268. The van der Waals surface area contributed by atoms with Gasteiger partial charge in [0.2, 0.25) is 0 Å². The molecule has 1 aliphatic heterocycles. The maximum Gasteiger partial charge on any atom is 0.126 e. The SMILES string of the molecule is Fc1ccccc1CC1CNC1. The molecule has 1 heterocycles. The van der Waals surface area contributed by atoms with E-state index in [0.29, 0.717) is 5.92 Å². The van der Waals surface area contributed by atoms with Crippen LogP contribution >= 0.6 is 0 Å². The van der Waals surface area contributed by atoms with Crippen molar-refractivity contribution in [3.05, 3.63) is 35.6 Å². The Hall–Kier alpha value is -0.890. The van der Waals surface area contributed by atoms with Crippen molar-refractivity contribution in [1.82, 2.24) is 5.32 Å². The van der Waals surface area contributed by atoms with Crippen molar-refractivity contribution in [3.63, 3.8) is 0 Å². The van der Waals surface area contributed by atoms with Crippen LogP contribution in [0, 0.1) is 11.7 Å². The summed E-state index contributed by atoms with van der Waals surface area (Å²) in [5.41, 5.74) is 0.851. The zero-order valence-electron chi connectivity index (χ0n) is 6.89. The third-order valence-corrected chi connectivity index (χ3v) is 2.33. The Morgan fingerprint density at radius 2 is 2.08 bits per heavy atom. The van der Waals surface area contributed by atoms with Gasteiger partial charge in [-0.05, 0) is 37.1 Å². The fourth-order valence-corrected chi connectivity index (χ4v) is 1.47. The highest BCUT2D eigenvalue weighted by Crippen LogP contribution is 2.14. The lowest BCUT2D eigenvalue weighted by Gasteiger charge is -2.27. The van der Waals surface area contributed by atoms with E-state index in [0.717, 1.165) is 25.1 Å². The van der Waals surface area contributed by atoms with Gasteiger partial charge in [0.05, 0.1) is 0 Å². The lowest BCUT2D eigenvalue weighted by molar-refractivity contribution is 0.343. The van der Waals surface area contributed by atoms with Crippen molar-refractivity contribution in [2.24, 2.45) is 5.92 Å². The van der Waals surface area contributed by atoms with E-state index in [4.69, 9.17) is 0 Å². The van der Waals surface area contributed by atoms with Crippen LogP contribution in [0.25, 0.3) is 0 Å². The Balaban J connectivity index is 2.06. The normalized spacial score (nSPS) is 17.4. The molecule has 1 fully saturated rings. The molecule has 1 nitrogen and oxygen atoms in total. The molecule has 1 aromatic carbocycles. The van der Waals surface area contributed by atoms with Gasteiger partial charge >= 0.3 is 0 Å². The average Bonchev–Trinajstić information content (AvgIpc) is 2.00. The van der Waals surface area contributed by atoms with Crippen LogP contribution in [0.5, 0.6) is 0 Å². The zero-order valence-corrected chi connectivity index (χ0v) is 6.89. The van der Waals surface area contributed by atoms with Crippen LogP contribution in [0.4, 0.5) is 4.39 Å². The Kier molecular flexibility index (Phi) is 2.09. The summed E-state index contributed by atoms with van der Waals surface area (Å²) in [6.45, 7) is 2.07. The molecule has 1 N–H and O–H groups in total. The Labute approximate surface area is 71.6 Å². The molecule has 2 rings (SSSR count). The number of hydrogen-bond donors (Lipinski definition) is 1. The fourth-order valence-electron chi connectivity index (χ4n) is 1.47. The first kappa shape index (κ1) is 7.74. The molecule has 0 atom stereocenters. The molecule has 1 saturated heterocycles. The highest BCUT2D eigenvalue weighted by molar-refractivity contribution is 5.18. The molecule has 2 heteroatoms. The summed E-state index contributed by atoms with van der Waals surface area (Å²) >= 11 is 0. The predicted octanol–water partition coefficient (Wildman–Crippen LogP) is 1.59. The van der Waals surface area contributed by atoms with E-state index in [1.54, 1.807) is 6.07 Å². The second-order valence-electron chi connectivity index (χ2n) is 3.32. The van der Waals surface area contributed by atoms with E-state index in [2.05, 4.69) is 5.32 Å². The number of nitrogens with one attached hydrogen (secondary N) is 1. The monoisotopic (exact) mass is 165 g/mol. The van der Waals surface area contributed by atoms with Crippen LogP contribution in [0.1, 0.15) is 5.56 Å². The molecule has 1 aliphatic rings. The van der Waals surface area contributed by atoms with Gasteiger partial charge in [-0.2, -0.15) is 0 Å². The van der Waals surface area contributed by atoms with Crippen molar-refractivity contribution < 1.29 is 4.39 Å². The first-order valence-corrected chi connectivity index (χ1v) is 4.30. The van der Waals surface area contributed by atoms with Crippen molar-refractivity contribution in [3.8, 4) is 0 Å². The van der Waals surface area contributed by atoms with Crippen LogP contribution in [-0.4, -0.2) is 13.1 Å². The third-order valence-electron chi connectivity index (χ3n) is 2.33. The zero-order chi connectivity index (χ0) is 8.39. The van der Waals surface area contributed by atoms with Gasteiger partial charge in [0.25, 0.3) is 0 Å². The van der Waals surface area contributed by atoms with E-state index in [9.17, 15) is 4.39 Å². The smallest absolute Gasteiger partial charge is 0.126 e. The molecule has 0 saturated carbocycles. The minimum Gasteiger partial charge on any atom is -0.316 e. The molecule has 0 aromatic heterocycles. The molecule has 64 valence electrons. The Morgan fingerprint density at radius 1 is 1.33 bits per heavy atom. The minimum atomic E-state index is -0.0654. The van der Waals surface area contributed by atoms with Crippen molar-refractivity contribution >= 4 is 0 Å². The van der Waals surface area contributed by atoms with E-state index in [1.165, 1.54) is 6.07 Å². The number of hydrogen-bond acceptors (Lipinski definition) is 1. The standard InChI is InChI=1S/C10H12FN/c11-10-4-2-1-3-9(10)5-8-6-12-7-8/h1-4,8,12H,5-7H2. The minimum absolute atomic E-state index is 0.0654. The van der Waals surface area contributed by atoms with Crippen LogP contribution in [0.3, 0.4) is 0 Å². The molecule has 0 radical (unpaired) electrons. The summed E-state index contributed by atoms with van der Waals surface area (Å²) < 4.78 is 13.1. The lowest BCUT2D eigenvalue weighted by Crippen LogP contribution is -2.43. The van der Waals surface area contributed by atoms with Crippen LogP contribution in [0.15, 0.2) is 24.3 Å². The fraction of sp³-hybridized carbons (Fsp3) is 0.400. The summed E-state index contributed by atoms with van der Waals surface area (Å²) in [7, 11) is 0. The summed E-state index contributed by atoms with van der Waals surface area (Å²) in [6, 6.07) is 7.03. The molecule has 0 spiro atoms. The highest BCUT2D eigenvalue weighted by Gasteiger charge is 2.17. The van der Waals surface area contributed by atoms with Gasteiger partial charge in [-0.15, -0.1) is 0 Å². The summed E-state index contributed by atoms with van der Waals surface area (Å²) in [5, 5.41) is 3.18. The van der Waals surface area contributed by atoms with Gasteiger partial charge in [-0.3, -0.25) is 0 Å². The molecule has 0 amide bonds. The maximum absolute atomic E-state index is 13.1. The lowest BCUT2D eigenvalue weighted by atomic mass is 9.94. The van der Waals surface area contributed by atoms with Gasteiger partial charge in [-0.1, -0.05) is 18.2 Å². The van der Waals surface area contributed by atoms with Gasteiger partial charge in [-0.25, -0.2) is 4.39 Å². The molecule has 0 bridgehead atoms. The van der Waals surface area contributed by atoms with Gasteiger partial charge in [0.15, 0.2) is 0 Å². The molecule has 0 aliphatic carbocycles. The second-order valence-corrected chi connectivity index (χ2v) is 3.32. The highest BCUT2D eigenvalue weighted by atomic mass is 19.1. The van der Waals surface area contributed by atoms with E-state index in [1.807, 2.05) is 12.1 Å². The van der Waals surface area contributed by atoms with Crippen LogP contribution in [0.2, 0.25) is 0 Å². The first-order valence-electron chi connectivity index (χ1n) is 4.30. The first-order chi connectivity index (χ1) is 5.86. The molecule has 12 heavy (non-hydrogen) atoms. The van der Waals surface area contributed by atoms with Crippen molar-refractivity contribution in [2.75, 3.05) is 13.1 Å².